The molecule has 0 fully saturated rings. The van der Waals surface area contributed by atoms with E-state index in [1.807, 2.05) is 30.3 Å². The van der Waals surface area contributed by atoms with Crippen LogP contribution in [-0.4, -0.2) is 18.8 Å². The molecule has 19 heavy (non-hydrogen) atoms. The van der Waals surface area contributed by atoms with Crippen LogP contribution < -0.4 is 4.72 Å². The Bertz CT molecular complexity index is 662. The summed E-state index contributed by atoms with van der Waals surface area (Å²) in [6, 6.07) is 9.17. The molecule has 1 unspecified atom stereocenters. The molecule has 0 radical (unpaired) electrons. The van der Waals surface area contributed by atoms with E-state index in [9.17, 15) is 8.42 Å². The van der Waals surface area contributed by atoms with Gasteiger partial charge in [-0.1, -0.05) is 41.6 Å². The van der Waals surface area contributed by atoms with Gasteiger partial charge in [0.2, 0.25) is 10.0 Å². The smallest absolute Gasteiger partial charge is 0.239 e. The fraction of sp³-hybridized carbons (Fsp3) is 0.154. The highest BCUT2D eigenvalue weighted by atomic mass is 32.2. The normalized spacial score (nSPS) is 12.9. The van der Waals surface area contributed by atoms with E-state index in [0.717, 1.165) is 5.56 Å². The van der Waals surface area contributed by atoms with Gasteiger partial charge in [-0.3, -0.25) is 4.72 Å². The zero-order valence-corrected chi connectivity index (χ0v) is 11.2. The zero-order valence-electron chi connectivity index (χ0n) is 10.4. The first-order valence-corrected chi connectivity index (χ1v) is 7.23. The summed E-state index contributed by atoms with van der Waals surface area (Å²) in [5.41, 5.74) is 1.07. The second-order valence-corrected chi connectivity index (χ2v) is 6.06. The van der Waals surface area contributed by atoms with E-state index in [2.05, 4.69) is 16.5 Å². The number of nitrogens with zero attached hydrogens (tertiary/aromatic N) is 1. The molecule has 0 amide bonds. The zero-order chi connectivity index (χ0) is 13.9. The number of aromatic nitrogens is 1. The van der Waals surface area contributed by atoms with Crippen LogP contribution in [0.15, 0.2) is 53.7 Å². The van der Waals surface area contributed by atoms with Crippen LogP contribution in [0, 0.1) is 0 Å². The molecule has 1 N–H and O–H groups in total. The molecule has 0 aliphatic heterocycles. The quantitative estimate of drug-likeness (QED) is 0.853. The van der Waals surface area contributed by atoms with Gasteiger partial charge in [0.1, 0.15) is 5.69 Å². The number of hydrogen-bond donors (Lipinski definition) is 1. The molecule has 100 valence electrons. The molecule has 1 heterocycles. The van der Waals surface area contributed by atoms with E-state index in [-0.39, 0.29) is 0 Å². The topological polar surface area (TPSA) is 72.2 Å². The minimum absolute atomic E-state index is 0.319. The highest BCUT2D eigenvalue weighted by molar-refractivity contribution is 7.93. The van der Waals surface area contributed by atoms with E-state index in [0.29, 0.717) is 11.4 Å². The fourth-order valence-corrected chi connectivity index (χ4v) is 2.37. The second-order valence-electron chi connectivity index (χ2n) is 4.02. The molecular weight excluding hydrogens is 264 g/mol. The summed E-state index contributed by atoms with van der Waals surface area (Å²) in [6.07, 6.45) is 2.70. The van der Waals surface area contributed by atoms with Crippen molar-refractivity contribution >= 4 is 15.7 Å². The number of hydrogen-bond acceptors (Lipinski definition) is 4. The summed E-state index contributed by atoms with van der Waals surface area (Å²) in [5, 5.41) is 2.94. The molecule has 0 saturated heterocycles. The van der Waals surface area contributed by atoms with Gasteiger partial charge in [-0.15, -0.1) is 6.58 Å². The number of anilines is 1. The maximum atomic E-state index is 12.0. The Morgan fingerprint density at radius 1 is 1.37 bits per heavy atom. The minimum atomic E-state index is -3.53. The molecule has 0 aliphatic carbocycles. The van der Waals surface area contributed by atoms with Gasteiger partial charge in [0, 0.05) is 5.56 Å². The van der Waals surface area contributed by atoms with Gasteiger partial charge in [0.05, 0.1) is 11.4 Å². The van der Waals surface area contributed by atoms with Gasteiger partial charge < -0.3 is 4.52 Å². The average Bonchev–Trinajstić information content (AvgIpc) is 2.86. The Morgan fingerprint density at radius 3 is 2.68 bits per heavy atom. The Hall–Kier alpha value is -2.08. The van der Waals surface area contributed by atoms with Crippen molar-refractivity contribution < 1.29 is 12.9 Å². The summed E-state index contributed by atoms with van der Waals surface area (Å²) in [4.78, 5) is 0. The standard InChI is InChI=1S/C13H14N2O3S/c1-3-10(2)19(16,17)15-12-9-14-18-13(12)11-7-5-4-6-8-11/h3-10,15H,1H2,2H3. The molecule has 0 bridgehead atoms. The predicted octanol–water partition coefficient (Wildman–Crippen LogP) is 2.66. The number of rotatable bonds is 5. The fourth-order valence-electron chi connectivity index (χ4n) is 1.48. The lowest BCUT2D eigenvalue weighted by atomic mass is 10.1. The highest BCUT2D eigenvalue weighted by Gasteiger charge is 2.21. The van der Waals surface area contributed by atoms with Crippen molar-refractivity contribution in [2.75, 3.05) is 4.72 Å². The molecule has 0 spiro atoms. The van der Waals surface area contributed by atoms with Crippen LogP contribution in [0.3, 0.4) is 0 Å². The number of nitrogens with one attached hydrogen (secondary N) is 1. The van der Waals surface area contributed by atoms with Crippen molar-refractivity contribution in [3.05, 3.63) is 49.2 Å². The lowest BCUT2D eigenvalue weighted by Gasteiger charge is -2.10. The summed E-state index contributed by atoms with van der Waals surface area (Å²) >= 11 is 0. The molecule has 6 heteroatoms. The third-order valence-electron chi connectivity index (χ3n) is 2.68. The van der Waals surface area contributed by atoms with Crippen LogP contribution in [0.1, 0.15) is 6.92 Å². The first-order valence-electron chi connectivity index (χ1n) is 5.69. The summed E-state index contributed by atoms with van der Waals surface area (Å²) < 4.78 is 31.5. The lowest BCUT2D eigenvalue weighted by molar-refractivity contribution is 0.432. The monoisotopic (exact) mass is 278 g/mol. The third kappa shape index (κ3) is 2.85. The van der Waals surface area contributed by atoms with Crippen LogP contribution in [-0.2, 0) is 10.0 Å². The molecule has 2 aromatic rings. The van der Waals surface area contributed by atoms with Crippen LogP contribution in [0.25, 0.3) is 11.3 Å². The van der Waals surface area contributed by atoms with Gasteiger partial charge in [-0.25, -0.2) is 8.42 Å². The number of benzene rings is 1. The van der Waals surface area contributed by atoms with Crippen LogP contribution in [0.4, 0.5) is 5.69 Å². The van der Waals surface area contributed by atoms with Crippen molar-refractivity contribution in [2.24, 2.45) is 0 Å². The molecular formula is C13H14N2O3S. The van der Waals surface area contributed by atoms with E-state index in [1.165, 1.54) is 12.3 Å². The van der Waals surface area contributed by atoms with Crippen molar-refractivity contribution in [3.8, 4) is 11.3 Å². The van der Waals surface area contributed by atoms with Gasteiger partial charge in [0.15, 0.2) is 5.76 Å². The van der Waals surface area contributed by atoms with Crippen molar-refractivity contribution in [1.82, 2.24) is 5.16 Å². The van der Waals surface area contributed by atoms with E-state index in [4.69, 9.17) is 4.52 Å². The Morgan fingerprint density at radius 2 is 2.05 bits per heavy atom. The third-order valence-corrected chi connectivity index (χ3v) is 4.36. The maximum Gasteiger partial charge on any atom is 0.239 e. The molecule has 1 aromatic heterocycles. The summed E-state index contributed by atoms with van der Waals surface area (Å²) in [7, 11) is -3.53. The van der Waals surface area contributed by atoms with E-state index < -0.39 is 15.3 Å². The molecule has 1 aromatic carbocycles. The summed E-state index contributed by atoms with van der Waals surface area (Å²) in [6.45, 7) is 5.03. The summed E-state index contributed by atoms with van der Waals surface area (Å²) in [5.74, 6) is 0.389. The van der Waals surface area contributed by atoms with Crippen molar-refractivity contribution in [3.63, 3.8) is 0 Å². The first kappa shape index (κ1) is 13.4. The molecule has 5 nitrogen and oxygen atoms in total. The van der Waals surface area contributed by atoms with Gasteiger partial charge in [-0.2, -0.15) is 0 Å². The van der Waals surface area contributed by atoms with Gasteiger partial charge >= 0.3 is 0 Å². The lowest BCUT2D eigenvalue weighted by Crippen LogP contribution is -2.23. The SMILES string of the molecule is C=CC(C)S(=O)(=O)Nc1cnoc1-c1ccccc1. The Balaban J connectivity index is 2.34. The van der Waals surface area contributed by atoms with Crippen molar-refractivity contribution in [2.45, 2.75) is 12.2 Å². The second kappa shape index (κ2) is 5.27. The van der Waals surface area contributed by atoms with Gasteiger partial charge in [0.25, 0.3) is 0 Å². The number of sulfonamides is 1. The highest BCUT2D eigenvalue weighted by Crippen LogP contribution is 2.28. The van der Waals surface area contributed by atoms with Crippen LogP contribution in [0.2, 0.25) is 0 Å². The van der Waals surface area contributed by atoms with Crippen molar-refractivity contribution in [1.29, 1.82) is 0 Å². The Labute approximate surface area is 112 Å². The molecule has 1 atom stereocenters. The maximum absolute atomic E-state index is 12.0. The molecule has 0 saturated carbocycles. The largest absolute Gasteiger partial charge is 0.354 e. The van der Waals surface area contributed by atoms with E-state index in [1.54, 1.807) is 6.92 Å². The van der Waals surface area contributed by atoms with Crippen LogP contribution >= 0.6 is 0 Å². The van der Waals surface area contributed by atoms with Crippen LogP contribution in [0.5, 0.6) is 0 Å². The first-order chi connectivity index (χ1) is 9.04. The molecule has 2 rings (SSSR count). The van der Waals surface area contributed by atoms with E-state index >= 15 is 0 Å². The molecule has 0 aliphatic rings. The minimum Gasteiger partial charge on any atom is -0.354 e. The predicted molar refractivity (Wildman–Crippen MR) is 74.1 cm³/mol. The van der Waals surface area contributed by atoms with Gasteiger partial charge in [-0.05, 0) is 6.92 Å². The average molecular weight is 278 g/mol. The Kier molecular flexibility index (Phi) is 3.71.